The number of aliphatic carboxylic acids is 1. The number of likely N-dealkylation sites (tertiary alicyclic amines) is 1. The number of β-lactam (4-membered cyclic amide) rings is 1. The van der Waals surface area contributed by atoms with Crippen LogP contribution in [0.4, 0.5) is 9.59 Å². The van der Waals surface area contributed by atoms with Crippen molar-refractivity contribution >= 4 is 24.0 Å². The highest BCUT2D eigenvalue weighted by atomic mass is 16.5. The SMILES string of the molecule is C=C(N)NCCC[C@H]1C(=O)N(C(=O)N2CCN(C(=O)OC)CC2)C1C(=O)O. The van der Waals surface area contributed by atoms with E-state index in [0.29, 0.717) is 25.2 Å². The molecule has 27 heavy (non-hydrogen) atoms. The van der Waals surface area contributed by atoms with Gasteiger partial charge in [0.15, 0.2) is 6.04 Å². The first-order valence-corrected chi connectivity index (χ1v) is 8.63. The normalized spacial score (nSPS) is 22.1. The summed E-state index contributed by atoms with van der Waals surface area (Å²) in [7, 11) is 1.27. The molecule has 0 saturated carbocycles. The summed E-state index contributed by atoms with van der Waals surface area (Å²) in [5, 5.41) is 12.3. The van der Waals surface area contributed by atoms with Crippen molar-refractivity contribution in [3.63, 3.8) is 0 Å². The van der Waals surface area contributed by atoms with Crippen LogP contribution in [0.5, 0.6) is 0 Å². The lowest BCUT2D eigenvalue weighted by Crippen LogP contribution is -2.69. The number of carbonyl (C=O) groups excluding carboxylic acids is 3. The highest BCUT2D eigenvalue weighted by Crippen LogP contribution is 2.32. The maximum Gasteiger partial charge on any atom is 0.409 e. The van der Waals surface area contributed by atoms with Crippen LogP contribution >= 0.6 is 0 Å². The Morgan fingerprint density at radius 3 is 2.37 bits per heavy atom. The van der Waals surface area contributed by atoms with Crippen molar-refractivity contribution in [3.05, 3.63) is 12.4 Å². The summed E-state index contributed by atoms with van der Waals surface area (Å²) in [5.41, 5.74) is 5.38. The second kappa shape index (κ2) is 8.60. The predicted octanol–water partition coefficient (Wildman–Crippen LogP) is -0.798. The van der Waals surface area contributed by atoms with E-state index >= 15 is 0 Å². The van der Waals surface area contributed by atoms with Gasteiger partial charge in [0, 0.05) is 32.7 Å². The van der Waals surface area contributed by atoms with Crippen LogP contribution in [-0.4, -0.2) is 89.7 Å². The van der Waals surface area contributed by atoms with E-state index in [9.17, 15) is 24.3 Å². The lowest BCUT2D eigenvalue weighted by Gasteiger charge is -2.46. The fourth-order valence-electron chi connectivity index (χ4n) is 3.26. The Balaban J connectivity index is 1.92. The topological polar surface area (TPSA) is 146 Å². The highest BCUT2D eigenvalue weighted by molar-refractivity contribution is 6.07. The van der Waals surface area contributed by atoms with Crippen LogP contribution in [0, 0.1) is 5.92 Å². The number of carboxylic acids is 1. The number of carboxylic acid groups (broad SMARTS) is 1. The standard InChI is InChI=1S/C16H25N5O6/c1-10(17)18-5-3-4-11-12(14(23)24)21(13(11)22)15(25)19-6-8-20(9-7-19)16(26)27-2/h11-12,18H,1,3-9,17H2,2H3,(H,23,24)/t11-,12?/m1/s1. The van der Waals surface area contributed by atoms with Crippen molar-refractivity contribution < 1.29 is 29.0 Å². The van der Waals surface area contributed by atoms with Gasteiger partial charge in [-0.3, -0.25) is 4.79 Å². The number of hydrogen-bond donors (Lipinski definition) is 3. The van der Waals surface area contributed by atoms with E-state index in [4.69, 9.17) is 5.73 Å². The first-order chi connectivity index (χ1) is 12.8. The largest absolute Gasteiger partial charge is 0.480 e. The van der Waals surface area contributed by atoms with E-state index in [1.807, 2.05) is 0 Å². The average Bonchev–Trinajstić information content (AvgIpc) is 2.64. The van der Waals surface area contributed by atoms with Gasteiger partial charge in [-0.15, -0.1) is 0 Å². The summed E-state index contributed by atoms with van der Waals surface area (Å²) in [6.45, 7) is 4.89. The number of rotatable bonds is 6. The molecular weight excluding hydrogens is 358 g/mol. The Bertz CT molecular complexity index is 631. The van der Waals surface area contributed by atoms with Crippen LogP contribution < -0.4 is 11.1 Å². The number of carbonyl (C=O) groups is 4. The Labute approximate surface area is 156 Å². The molecular formula is C16H25N5O6. The van der Waals surface area contributed by atoms with E-state index in [1.54, 1.807) is 0 Å². The van der Waals surface area contributed by atoms with E-state index in [2.05, 4.69) is 16.6 Å². The molecule has 11 heteroatoms. The fraction of sp³-hybridized carbons (Fsp3) is 0.625. The molecule has 0 aliphatic carbocycles. The summed E-state index contributed by atoms with van der Waals surface area (Å²) >= 11 is 0. The van der Waals surface area contributed by atoms with Gasteiger partial charge in [0.05, 0.1) is 18.8 Å². The molecule has 4 N–H and O–H groups in total. The van der Waals surface area contributed by atoms with Gasteiger partial charge in [-0.1, -0.05) is 6.58 Å². The second-order valence-electron chi connectivity index (χ2n) is 6.42. The molecule has 2 rings (SSSR count). The lowest BCUT2D eigenvalue weighted by molar-refractivity contribution is -0.167. The number of amides is 4. The molecule has 2 saturated heterocycles. The minimum Gasteiger partial charge on any atom is -0.480 e. The third-order valence-electron chi connectivity index (χ3n) is 4.70. The summed E-state index contributed by atoms with van der Waals surface area (Å²) < 4.78 is 4.63. The third kappa shape index (κ3) is 4.41. The monoisotopic (exact) mass is 383 g/mol. The number of nitrogens with zero attached hydrogens (tertiary/aromatic N) is 3. The van der Waals surface area contributed by atoms with Gasteiger partial charge in [-0.2, -0.15) is 0 Å². The maximum absolute atomic E-state index is 12.6. The maximum atomic E-state index is 12.6. The molecule has 0 aromatic rings. The summed E-state index contributed by atoms with van der Waals surface area (Å²) in [4.78, 5) is 51.7. The van der Waals surface area contributed by atoms with Crippen LogP contribution in [0.1, 0.15) is 12.8 Å². The first kappa shape index (κ1) is 20.3. The van der Waals surface area contributed by atoms with E-state index in [1.165, 1.54) is 16.9 Å². The van der Waals surface area contributed by atoms with Gasteiger partial charge in [-0.05, 0) is 12.8 Å². The van der Waals surface area contributed by atoms with Crippen LogP contribution in [0.2, 0.25) is 0 Å². The summed E-state index contributed by atoms with van der Waals surface area (Å²) in [5.74, 6) is -2.14. The molecule has 2 fully saturated rings. The van der Waals surface area contributed by atoms with E-state index in [-0.39, 0.29) is 26.2 Å². The van der Waals surface area contributed by atoms with Crippen molar-refractivity contribution in [1.29, 1.82) is 0 Å². The fourth-order valence-corrected chi connectivity index (χ4v) is 3.26. The quantitative estimate of drug-likeness (QED) is 0.399. The van der Waals surface area contributed by atoms with Crippen molar-refractivity contribution in [3.8, 4) is 0 Å². The van der Waals surface area contributed by atoms with Crippen molar-refractivity contribution in [2.75, 3.05) is 39.8 Å². The van der Waals surface area contributed by atoms with Crippen LogP contribution in [0.3, 0.4) is 0 Å². The molecule has 0 aromatic heterocycles. The molecule has 0 radical (unpaired) electrons. The molecule has 11 nitrogen and oxygen atoms in total. The predicted molar refractivity (Wildman–Crippen MR) is 93.3 cm³/mol. The zero-order chi connectivity index (χ0) is 20.1. The van der Waals surface area contributed by atoms with Gasteiger partial charge in [0.1, 0.15) is 0 Å². The number of methoxy groups -OCH3 is 1. The zero-order valence-electron chi connectivity index (χ0n) is 15.2. The molecule has 2 aliphatic rings. The van der Waals surface area contributed by atoms with E-state index in [0.717, 1.165) is 4.90 Å². The smallest absolute Gasteiger partial charge is 0.409 e. The summed E-state index contributed by atoms with van der Waals surface area (Å²) in [6.07, 6.45) is 0.367. The van der Waals surface area contributed by atoms with Gasteiger partial charge < -0.3 is 30.7 Å². The number of nitrogens with two attached hydrogens (primary N) is 1. The third-order valence-corrected chi connectivity index (χ3v) is 4.70. The molecule has 1 unspecified atom stereocenters. The minimum atomic E-state index is -1.21. The number of imide groups is 1. The molecule has 0 bridgehead atoms. The second-order valence-corrected chi connectivity index (χ2v) is 6.42. The van der Waals surface area contributed by atoms with Crippen molar-refractivity contribution in [2.24, 2.45) is 11.7 Å². The molecule has 4 amide bonds. The van der Waals surface area contributed by atoms with Crippen LogP contribution in [0.15, 0.2) is 12.4 Å². The Morgan fingerprint density at radius 2 is 1.85 bits per heavy atom. The Hall–Kier alpha value is -2.98. The Kier molecular flexibility index (Phi) is 6.48. The van der Waals surface area contributed by atoms with Gasteiger partial charge in [0.2, 0.25) is 5.91 Å². The average molecular weight is 383 g/mol. The molecule has 0 spiro atoms. The molecule has 2 atom stereocenters. The molecule has 150 valence electrons. The number of hydrogen-bond acceptors (Lipinski definition) is 7. The number of nitrogens with one attached hydrogen (secondary N) is 1. The number of urea groups is 1. The van der Waals surface area contributed by atoms with Crippen molar-refractivity contribution in [2.45, 2.75) is 18.9 Å². The van der Waals surface area contributed by atoms with Gasteiger partial charge in [0.25, 0.3) is 0 Å². The molecule has 0 aromatic carbocycles. The summed E-state index contributed by atoms with van der Waals surface area (Å²) in [6, 6.07) is -1.81. The number of ether oxygens (including phenoxy) is 1. The van der Waals surface area contributed by atoms with E-state index < -0.39 is 36.0 Å². The number of piperazine rings is 1. The Morgan fingerprint density at radius 1 is 1.26 bits per heavy atom. The molecule has 2 aliphatic heterocycles. The first-order valence-electron chi connectivity index (χ1n) is 8.63. The highest BCUT2D eigenvalue weighted by Gasteiger charge is 2.55. The van der Waals surface area contributed by atoms with Gasteiger partial charge in [-0.25, -0.2) is 19.3 Å². The lowest BCUT2D eigenvalue weighted by atomic mass is 9.83. The van der Waals surface area contributed by atoms with Crippen LogP contribution in [-0.2, 0) is 14.3 Å². The minimum absolute atomic E-state index is 0.206. The van der Waals surface area contributed by atoms with Crippen LogP contribution in [0.25, 0.3) is 0 Å². The van der Waals surface area contributed by atoms with Crippen molar-refractivity contribution in [1.82, 2.24) is 20.0 Å². The zero-order valence-corrected chi connectivity index (χ0v) is 15.2. The molecule has 2 heterocycles. The van der Waals surface area contributed by atoms with Gasteiger partial charge >= 0.3 is 18.1 Å².